The van der Waals surface area contributed by atoms with Gasteiger partial charge in [0, 0.05) is 38.3 Å². The number of morpholine rings is 2. The minimum atomic E-state index is -4.28. The van der Waals surface area contributed by atoms with Crippen LogP contribution in [0.25, 0.3) is 0 Å². The maximum Gasteiger partial charge on any atom is 0.289 e. The standard InChI is InChI=1S/2C22H35N3O6SSi/c2*1-8-22(5,24-13-15-30-16-14-24)20(17-31-33(6,7)21(2,3)4)23-32(28,29)19-12-10-9-11-18(19)25(26)27/h2*1,9-12,20,23H,13-17H2,2-7H3/t2*20-,22-/m11/s1. The second kappa shape index (κ2) is 22.2. The van der Waals surface area contributed by atoms with Gasteiger partial charge in [0.1, 0.15) is 0 Å². The molecule has 2 saturated heterocycles. The molecular weight excluding hydrogens is 925 g/mol. The quantitative estimate of drug-likeness (QED) is 0.0760. The lowest BCUT2D eigenvalue weighted by molar-refractivity contribution is -0.388. The van der Waals surface area contributed by atoms with Crippen LogP contribution in [0.15, 0.2) is 58.3 Å². The summed E-state index contributed by atoms with van der Waals surface area (Å²) >= 11 is 0. The van der Waals surface area contributed by atoms with E-state index >= 15 is 0 Å². The number of nitrogens with zero attached hydrogens (tertiary/aromatic N) is 4. The number of sulfonamides is 2. The van der Waals surface area contributed by atoms with E-state index in [1.54, 1.807) is 13.8 Å². The van der Waals surface area contributed by atoms with Gasteiger partial charge in [0.25, 0.3) is 11.4 Å². The van der Waals surface area contributed by atoms with E-state index in [-0.39, 0.29) is 23.3 Å². The number of benzene rings is 2. The topological polar surface area (TPSA) is 222 Å². The van der Waals surface area contributed by atoms with Gasteiger partial charge >= 0.3 is 0 Å². The van der Waals surface area contributed by atoms with Gasteiger partial charge in [-0.05, 0) is 62.2 Å². The second-order valence-corrected chi connectivity index (χ2v) is 32.7. The first-order valence-electron chi connectivity index (χ1n) is 21.7. The van der Waals surface area contributed by atoms with Crippen LogP contribution < -0.4 is 9.44 Å². The average molecular weight is 995 g/mol. The van der Waals surface area contributed by atoms with E-state index < -0.39 is 90.9 Å². The average Bonchev–Trinajstić information content (AvgIpc) is 3.26. The molecule has 0 bridgehead atoms. The van der Waals surface area contributed by atoms with E-state index in [9.17, 15) is 37.1 Å². The normalized spacial score (nSPS) is 18.8. The molecule has 2 N–H and O–H groups in total. The molecule has 0 aromatic heterocycles. The van der Waals surface area contributed by atoms with Gasteiger partial charge in [-0.1, -0.05) is 77.6 Å². The first-order valence-corrected chi connectivity index (χ1v) is 30.5. The zero-order chi connectivity index (χ0) is 50.2. The molecule has 22 heteroatoms. The highest BCUT2D eigenvalue weighted by Gasteiger charge is 2.47. The van der Waals surface area contributed by atoms with Crippen LogP contribution in [-0.2, 0) is 38.4 Å². The summed E-state index contributed by atoms with van der Waals surface area (Å²) in [7, 11) is -13.1. The molecule has 0 radical (unpaired) electrons. The minimum absolute atomic E-state index is 0.0361. The van der Waals surface area contributed by atoms with Gasteiger partial charge in [-0.3, -0.25) is 30.0 Å². The molecule has 2 aliphatic heterocycles. The molecule has 4 rings (SSSR count). The Balaban J connectivity index is 0.000000350. The van der Waals surface area contributed by atoms with Crippen LogP contribution >= 0.6 is 0 Å². The third-order valence-electron chi connectivity index (χ3n) is 13.4. The van der Waals surface area contributed by atoms with Crippen molar-refractivity contribution in [2.24, 2.45) is 0 Å². The van der Waals surface area contributed by atoms with E-state index in [0.29, 0.717) is 52.6 Å². The van der Waals surface area contributed by atoms with Crippen molar-refractivity contribution in [1.29, 1.82) is 0 Å². The van der Waals surface area contributed by atoms with Crippen LogP contribution in [-0.4, -0.2) is 142 Å². The Morgan fingerprint density at radius 1 is 0.636 bits per heavy atom. The van der Waals surface area contributed by atoms with Gasteiger partial charge in [-0.25, -0.2) is 26.3 Å². The predicted octanol–water partition coefficient (Wildman–Crippen LogP) is 5.98. The Morgan fingerprint density at radius 3 is 1.18 bits per heavy atom. The van der Waals surface area contributed by atoms with E-state index in [2.05, 4.69) is 89.0 Å². The summed E-state index contributed by atoms with van der Waals surface area (Å²) in [5, 5.41) is 22.7. The molecule has 2 fully saturated rings. The van der Waals surface area contributed by atoms with E-state index in [4.69, 9.17) is 31.2 Å². The maximum atomic E-state index is 13.4. The molecule has 18 nitrogen and oxygen atoms in total. The largest absolute Gasteiger partial charge is 0.415 e. The van der Waals surface area contributed by atoms with Crippen molar-refractivity contribution in [3.63, 3.8) is 0 Å². The van der Waals surface area contributed by atoms with Gasteiger partial charge in [0.15, 0.2) is 26.4 Å². The van der Waals surface area contributed by atoms with Crippen LogP contribution in [0.2, 0.25) is 36.3 Å². The molecule has 368 valence electrons. The molecule has 4 atom stereocenters. The number of terminal acetylenes is 2. The molecular formula is C44H70N6O12S2Si2. The van der Waals surface area contributed by atoms with Crippen LogP contribution in [0.4, 0.5) is 11.4 Å². The Morgan fingerprint density at radius 2 is 0.924 bits per heavy atom. The summed E-state index contributed by atoms with van der Waals surface area (Å²) in [6.07, 6.45) is 12.0. The second-order valence-electron chi connectivity index (χ2n) is 19.7. The molecule has 2 heterocycles. The Bertz CT molecular complexity index is 2150. The van der Waals surface area contributed by atoms with Gasteiger partial charge < -0.3 is 18.3 Å². The van der Waals surface area contributed by atoms with E-state index in [1.165, 1.54) is 36.4 Å². The third-order valence-corrected chi connectivity index (χ3v) is 25.4. The molecule has 0 unspecified atom stereocenters. The molecule has 0 aliphatic carbocycles. The van der Waals surface area contributed by atoms with Crippen molar-refractivity contribution in [2.75, 3.05) is 65.8 Å². The highest BCUT2D eigenvalue weighted by atomic mass is 32.2. The zero-order valence-electron chi connectivity index (χ0n) is 40.5. The summed E-state index contributed by atoms with van der Waals surface area (Å²) < 4.78 is 82.4. The fraction of sp³-hybridized carbons (Fsp3) is 0.636. The van der Waals surface area contributed by atoms with Crippen molar-refractivity contribution in [3.05, 3.63) is 68.8 Å². The van der Waals surface area contributed by atoms with E-state index in [1.807, 2.05) is 9.80 Å². The molecule has 0 spiro atoms. The Kier molecular flexibility index (Phi) is 19.1. The summed E-state index contributed by atoms with van der Waals surface area (Å²) in [5.74, 6) is 5.56. The van der Waals surface area contributed by atoms with Crippen LogP contribution in [0, 0.1) is 44.9 Å². The maximum absolute atomic E-state index is 13.4. The highest BCUT2D eigenvalue weighted by Crippen LogP contribution is 2.39. The lowest BCUT2D eigenvalue weighted by Crippen LogP contribution is -2.64. The third kappa shape index (κ3) is 13.8. The molecule has 0 amide bonds. The number of nitro groups is 2. The number of nitro benzene ring substituents is 2. The monoisotopic (exact) mass is 994 g/mol. The van der Waals surface area contributed by atoms with Crippen molar-refractivity contribution in [3.8, 4) is 24.7 Å². The summed E-state index contributed by atoms with van der Waals surface area (Å²) in [4.78, 5) is 24.7. The smallest absolute Gasteiger partial charge is 0.289 e. The summed E-state index contributed by atoms with van der Waals surface area (Å²) in [6, 6.07) is 8.82. The van der Waals surface area contributed by atoms with Gasteiger partial charge in [-0.15, -0.1) is 12.8 Å². The number of para-hydroxylation sites is 2. The summed E-state index contributed by atoms with van der Waals surface area (Å²) in [5.41, 5.74) is -3.07. The van der Waals surface area contributed by atoms with Gasteiger partial charge in [-0.2, -0.15) is 0 Å². The molecule has 66 heavy (non-hydrogen) atoms. The summed E-state index contributed by atoms with van der Waals surface area (Å²) in [6.45, 7) is 28.5. The van der Waals surface area contributed by atoms with Crippen molar-refractivity contribution < 1.29 is 45.0 Å². The molecule has 2 aromatic carbocycles. The van der Waals surface area contributed by atoms with Gasteiger partial charge in [0.05, 0.1) is 72.6 Å². The van der Waals surface area contributed by atoms with E-state index in [0.717, 1.165) is 12.1 Å². The van der Waals surface area contributed by atoms with Crippen LogP contribution in [0.1, 0.15) is 55.4 Å². The predicted molar refractivity (Wildman–Crippen MR) is 260 cm³/mol. The highest BCUT2D eigenvalue weighted by molar-refractivity contribution is 7.90. The fourth-order valence-corrected chi connectivity index (χ4v) is 11.7. The number of hydrogen-bond acceptors (Lipinski definition) is 14. The molecule has 0 saturated carbocycles. The Hall–Kier alpha value is -3.63. The lowest BCUT2D eigenvalue weighted by atomic mass is 9.91. The first-order chi connectivity index (χ1) is 30.3. The van der Waals surface area contributed by atoms with Crippen molar-refractivity contribution in [2.45, 2.75) is 125 Å². The van der Waals surface area contributed by atoms with Crippen molar-refractivity contribution >= 4 is 48.1 Å². The van der Waals surface area contributed by atoms with Gasteiger partial charge in [0.2, 0.25) is 20.0 Å². The van der Waals surface area contributed by atoms with Crippen molar-refractivity contribution in [1.82, 2.24) is 19.2 Å². The number of rotatable bonds is 18. The zero-order valence-corrected chi connectivity index (χ0v) is 44.1. The molecule has 2 aliphatic rings. The van der Waals surface area contributed by atoms with Crippen LogP contribution in [0.5, 0.6) is 0 Å². The SMILES string of the molecule is C#C[C@](C)([C@@H](CO[Si](C)(C)C(C)(C)C)NS(=O)(=O)c1ccccc1[N+](=O)[O-])N1CCOCC1.C#C[C@](C)([C@@H](CO[Si](C)(C)C(C)(C)C)NS(=O)(=O)c1ccccc1[N+](=O)[O-])N1CCOCC1. The lowest BCUT2D eigenvalue weighted by Gasteiger charge is -2.46. The number of ether oxygens (including phenoxy) is 2. The minimum Gasteiger partial charge on any atom is -0.415 e. The van der Waals surface area contributed by atoms with Crippen LogP contribution in [0.3, 0.4) is 0 Å². The molecule has 2 aromatic rings. The Labute approximate surface area is 394 Å². The number of nitrogens with one attached hydrogen (secondary N) is 2. The fourth-order valence-electron chi connectivity index (χ4n) is 6.69. The number of hydrogen-bond donors (Lipinski definition) is 2. The first kappa shape index (κ1) is 56.7.